The van der Waals surface area contributed by atoms with Crippen LogP contribution in [0.15, 0.2) is 30.3 Å². The Morgan fingerprint density at radius 2 is 1.89 bits per heavy atom. The lowest BCUT2D eigenvalue weighted by molar-refractivity contribution is -0.120. The van der Waals surface area contributed by atoms with Crippen LogP contribution in [-0.4, -0.2) is 5.78 Å². The van der Waals surface area contributed by atoms with Crippen LogP contribution in [0.3, 0.4) is 0 Å². The second kappa shape index (κ2) is 3.81. The Morgan fingerprint density at radius 1 is 1.00 bits per heavy atom. The van der Waals surface area contributed by atoms with Crippen molar-refractivity contribution in [1.29, 1.82) is 0 Å². The maximum absolute atomic E-state index is 12.3. The van der Waals surface area contributed by atoms with Crippen LogP contribution >= 0.6 is 0 Å². The van der Waals surface area contributed by atoms with Crippen LogP contribution in [0, 0.1) is 17.8 Å². The van der Waals surface area contributed by atoms with Gasteiger partial charge in [0.2, 0.25) is 0 Å². The molecule has 0 amide bonds. The van der Waals surface area contributed by atoms with Gasteiger partial charge in [-0.1, -0.05) is 30.7 Å². The van der Waals surface area contributed by atoms with Gasteiger partial charge in [-0.2, -0.15) is 0 Å². The van der Waals surface area contributed by atoms with Crippen molar-refractivity contribution in [1.82, 2.24) is 0 Å². The highest BCUT2D eigenvalue weighted by Crippen LogP contribution is 2.50. The van der Waals surface area contributed by atoms with Crippen molar-refractivity contribution in [3.05, 3.63) is 41.5 Å². The minimum Gasteiger partial charge on any atom is -0.295 e. The Labute approximate surface area is 108 Å². The van der Waals surface area contributed by atoms with E-state index in [9.17, 15) is 4.79 Å². The van der Waals surface area contributed by atoms with Crippen LogP contribution in [0.25, 0.3) is 5.57 Å². The van der Waals surface area contributed by atoms with Crippen LogP contribution in [0.5, 0.6) is 0 Å². The number of aryl methyl sites for hydroxylation is 1. The zero-order valence-corrected chi connectivity index (χ0v) is 10.6. The van der Waals surface area contributed by atoms with Gasteiger partial charge >= 0.3 is 0 Å². The van der Waals surface area contributed by atoms with E-state index in [1.807, 2.05) is 6.08 Å². The molecule has 1 heteroatoms. The second-order valence-corrected chi connectivity index (χ2v) is 6.01. The predicted molar refractivity (Wildman–Crippen MR) is 72.1 cm³/mol. The maximum Gasteiger partial charge on any atom is 0.159 e. The maximum atomic E-state index is 12.3. The zero-order chi connectivity index (χ0) is 12.1. The number of rotatable bonds is 0. The predicted octanol–water partition coefficient (Wildman–Crippen LogP) is 3.63. The molecule has 0 bridgehead atoms. The van der Waals surface area contributed by atoms with Gasteiger partial charge < -0.3 is 0 Å². The Balaban J connectivity index is 1.85. The standard InChI is InChI=1S/C17H18O/c18-17-10-16-12-5-2-1-4-11(12)8-9-14(16)13-6-3-7-15(13)17/h1-2,4-5,10,13-15H,3,6-9H2. The molecule has 0 aromatic heterocycles. The van der Waals surface area contributed by atoms with E-state index in [1.54, 1.807) is 0 Å². The van der Waals surface area contributed by atoms with E-state index in [2.05, 4.69) is 24.3 Å². The van der Waals surface area contributed by atoms with Crippen molar-refractivity contribution in [3.8, 4) is 0 Å². The molecule has 4 rings (SSSR count). The van der Waals surface area contributed by atoms with Crippen molar-refractivity contribution in [2.24, 2.45) is 17.8 Å². The fourth-order valence-corrected chi connectivity index (χ4v) is 4.40. The van der Waals surface area contributed by atoms with Crippen molar-refractivity contribution >= 4 is 11.4 Å². The first-order valence-corrected chi connectivity index (χ1v) is 7.18. The fourth-order valence-electron chi connectivity index (χ4n) is 4.40. The third kappa shape index (κ3) is 1.36. The summed E-state index contributed by atoms with van der Waals surface area (Å²) in [6, 6.07) is 8.64. The molecule has 1 fully saturated rings. The molecule has 1 aromatic rings. The lowest BCUT2D eigenvalue weighted by Gasteiger charge is -2.37. The topological polar surface area (TPSA) is 17.1 Å². The van der Waals surface area contributed by atoms with Gasteiger partial charge in [0.1, 0.15) is 0 Å². The summed E-state index contributed by atoms with van der Waals surface area (Å²) in [4.78, 5) is 12.3. The molecular formula is C17H18O. The summed E-state index contributed by atoms with van der Waals surface area (Å²) in [6.45, 7) is 0. The highest BCUT2D eigenvalue weighted by molar-refractivity contribution is 6.01. The van der Waals surface area contributed by atoms with Crippen LogP contribution in [0.2, 0.25) is 0 Å². The minimum absolute atomic E-state index is 0.351. The summed E-state index contributed by atoms with van der Waals surface area (Å²) in [5.41, 5.74) is 4.14. The summed E-state index contributed by atoms with van der Waals surface area (Å²) in [6.07, 6.45) is 8.06. The first-order chi connectivity index (χ1) is 8.84. The first kappa shape index (κ1) is 10.5. The number of allylic oxidation sites excluding steroid dienone is 2. The van der Waals surface area contributed by atoms with Crippen molar-refractivity contribution in [3.63, 3.8) is 0 Å². The third-order valence-corrected chi connectivity index (χ3v) is 5.20. The van der Waals surface area contributed by atoms with Crippen LogP contribution < -0.4 is 0 Å². The lowest BCUT2D eigenvalue weighted by Crippen LogP contribution is -2.32. The molecular weight excluding hydrogens is 220 g/mol. The molecule has 92 valence electrons. The molecule has 0 N–H and O–H groups in total. The van der Waals surface area contributed by atoms with E-state index in [4.69, 9.17) is 0 Å². The normalized spacial score (nSPS) is 33.4. The molecule has 3 atom stereocenters. The molecule has 0 heterocycles. The van der Waals surface area contributed by atoms with Gasteiger partial charge in [0.15, 0.2) is 5.78 Å². The number of carbonyl (C=O) groups is 1. The zero-order valence-electron chi connectivity index (χ0n) is 10.6. The Bertz CT molecular complexity index is 540. The van der Waals surface area contributed by atoms with Gasteiger partial charge in [-0.3, -0.25) is 4.79 Å². The monoisotopic (exact) mass is 238 g/mol. The molecule has 0 spiro atoms. The van der Waals surface area contributed by atoms with Gasteiger partial charge in [-0.25, -0.2) is 0 Å². The number of benzene rings is 1. The molecule has 0 aliphatic heterocycles. The minimum atomic E-state index is 0.351. The molecule has 3 aliphatic carbocycles. The Morgan fingerprint density at radius 3 is 2.83 bits per heavy atom. The van der Waals surface area contributed by atoms with Crippen LogP contribution in [-0.2, 0) is 11.2 Å². The molecule has 0 radical (unpaired) electrons. The van der Waals surface area contributed by atoms with E-state index < -0.39 is 0 Å². The summed E-state index contributed by atoms with van der Waals surface area (Å²) in [5.74, 6) is 2.06. The Hall–Kier alpha value is -1.37. The Kier molecular flexibility index (Phi) is 2.23. The number of fused-ring (bicyclic) bond motifs is 5. The van der Waals surface area contributed by atoms with Gasteiger partial charge in [-0.05, 0) is 60.3 Å². The molecule has 1 nitrogen and oxygen atoms in total. The summed E-state index contributed by atoms with van der Waals surface area (Å²) < 4.78 is 0. The van der Waals surface area contributed by atoms with Gasteiger partial charge in [-0.15, -0.1) is 0 Å². The van der Waals surface area contributed by atoms with Crippen molar-refractivity contribution in [2.75, 3.05) is 0 Å². The molecule has 0 saturated heterocycles. The van der Waals surface area contributed by atoms with E-state index in [-0.39, 0.29) is 0 Å². The number of hydrogen-bond acceptors (Lipinski definition) is 1. The SMILES string of the molecule is O=C1C=C2c3ccccc3CCC2C2CCCC12. The number of carbonyl (C=O) groups excluding carboxylic acids is 1. The second-order valence-electron chi connectivity index (χ2n) is 6.01. The average Bonchev–Trinajstić information content (AvgIpc) is 2.89. The summed E-state index contributed by atoms with van der Waals surface area (Å²) >= 11 is 0. The molecule has 18 heavy (non-hydrogen) atoms. The average molecular weight is 238 g/mol. The summed E-state index contributed by atoms with van der Waals surface area (Å²) in [5, 5.41) is 0. The van der Waals surface area contributed by atoms with E-state index in [1.165, 1.54) is 42.4 Å². The smallest absolute Gasteiger partial charge is 0.159 e. The fraction of sp³-hybridized carbons (Fsp3) is 0.471. The molecule has 3 unspecified atom stereocenters. The third-order valence-electron chi connectivity index (χ3n) is 5.20. The molecule has 1 saturated carbocycles. The van der Waals surface area contributed by atoms with E-state index >= 15 is 0 Å². The quantitative estimate of drug-likeness (QED) is 0.674. The van der Waals surface area contributed by atoms with Crippen molar-refractivity contribution in [2.45, 2.75) is 32.1 Å². The largest absolute Gasteiger partial charge is 0.295 e. The van der Waals surface area contributed by atoms with Gasteiger partial charge in [0.05, 0.1) is 0 Å². The van der Waals surface area contributed by atoms with Crippen molar-refractivity contribution < 1.29 is 4.79 Å². The van der Waals surface area contributed by atoms with Crippen LogP contribution in [0.4, 0.5) is 0 Å². The molecule has 3 aliphatic rings. The molecule has 1 aromatic carbocycles. The lowest BCUT2D eigenvalue weighted by atomic mass is 9.66. The number of hydrogen-bond donors (Lipinski definition) is 0. The van der Waals surface area contributed by atoms with Gasteiger partial charge in [0, 0.05) is 5.92 Å². The number of ketones is 1. The van der Waals surface area contributed by atoms with E-state index in [0.717, 1.165) is 6.42 Å². The highest BCUT2D eigenvalue weighted by atomic mass is 16.1. The first-order valence-electron chi connectivity index (χ1n) is 7.18. The highest BCUT2D eigenvalue weighted by Gasteiger charge is 2.43. The van der Waals surface area contributed by atoms with E-state index in [0.29, 0.717) is 23.5 Å². The van der Waals surface area contributed by atoms with Gasteiger partial charge in [0.25, 0.3) is 0 Å². The van der Waals surface area contributed by atoms with Crippen LogP contribution in [0.1, 0.15) is 36.8 Å². The summed E-state index contributed by atoms with van der Waals surface area (Å²) in [7, 11) is 0.